The van der Waals surface area contributed by atoms with Crippen molar-refractivity contribution in [2.75, 3.05) is 18.1 Å². The number of thioether (sulfide) groups is 2. The van der Waals surface area contributed by atoms with Crippen LogP contribution in [0.5, 0.6) is 0 Å². The summed E-state index contributed by atoms with van der Waals surface area (Å²) < 4.78 is 0. The summed E-state index contributed by atoms with van der Waals surface area (Å²) in [4.78, 5) is 27.2. The van der Waals surface area contributed by atoms with Gasteiger partial charge in [-0.05, 0) is 12.0 Å². The minimum Gasteiger partial charge on any atom is -0.394 e. The Labute approximate surface area is 131 Å². The predicted molar refractivity (Wildman–Crippen MR) is 84.8 cm³/mol. The Balaban J connectivity index is 1.82. The largest absolute Gasteiger partial charge is 0.394 e. The molecular formula is C15H15NO3S2. The van der Waals surface area contributed by atoms with Crippen LogP contribution in [0.15, 0.2) is 40.1 Å². The van der Waals surface area contributed by atoms with Crippen molar-refractivity contribution in [3.05, 3.63) is 45.7 Å². The molecule has 0 spiro atoms. The lowest BCUT2D eigenvalue weighted by Gasteiger charge is -2.25. The van der Waals surface area contributed by atoms with Crippen molar-refractivity contribution in [1.82, 2.24) is 4.90 Å². The number of nitrogens with zero attached hydrogens (tertiary/aromatic N) is 1. The van der Waals surface area contributed by atoms with Crippen LogP contribution < -0.4 is 0 Å². The van der Waals surface area contributed by atoms with Crippen LogP contribution in [-0.4, -0.2) is 46.0 Å². The maximum Gasteiger partial charge on any atom is 0.268 e. The van der Waals surface area contributed by atoms with Crippen LogP contribution in [0.25, 0.3) is 0 Å². The molecular weight excluding hydrogens is 306 g/mol. The fraction of sp³-hybridized carbons (Fsp3) is 0.333. The zero-order valence-electron chi connectivity index (χ0n) is 11.3. The lowest BCUT2D eigenvalue weighted by molar-refractivity contribution is -0.140. The highest BCUT2D eigenvalue weighted by Crippen LogP contribution is 2.41. The van der Waals surface area contributed by atoms with Crippen molar-refractivity contribution >= 4 is 35.3 Å². The third-order valence-corrected chi connectivity index (χ3v) is 6.04. The number of hydrogen-bond acceptors (Lipinski definition) is 5. The summed E-state index contributed by atoms with van der Waals surface area (Å²) in [5.74, 6) is 1.20. The van der Waals surface area contributed by atoms with Crippen LogP contribution >= 0.6 is 23.5 Å². The highest BCUT2D eigenvalue weighted by atomic mass is 32.2. The monoisotopic (exact) mass is 321 g/mol. The Morgan fingerprint density at radius 1 is 1.05 bits per heavy atom. The Morgan fingerprint density at radius 3 is 2.14 bits per heavy atom. The SMILES string of the molecule is O=C1C2=C(SCCS2)C(=O)N1[C@@H](CO)Cc1ccccc1. The summed E-state index contributed by atoms with van der Waals surface area (Å²) in [5.41, 5.74) is 1.00. The first-order chi connectivity index (χ1) is 10.2. The van der Waals surface area contributed by atoms with E-state index in [2.05, 4.69) is 0 Å². The smallest absolute Gasteiger partial charge is 0.268 e. The molecule has 4 nitrogen and oxygen atoms in total. The first kappa shape index (κ1) is 14.7. The van der Waals surface area contributed by atoms with Crippen LogP contribution in [0.2, 0.25) is 0 Å². The van der Waals surface area contributed by atoms with Gasteiger partial charge in [0.2, 0.25) is 0 Å². The van der Waals surface area contributed by atoms with Crippen LogP contribution in [-0.2, 0) is 16.0 Å². The van der Waals surface area contributed by atoms with Gasteiger partial charge in [-0.3, -0.25) is 14.5 Å². The molecule has 0 unspecified atom stereocenters. The third-order valence-electron chi connectivity index (χ3n) is 3.50. The molecule has 2 heterocycles. The van der Waals surface area contributed by atoms with E-state index in [0.717, 1.165) is 17.1 Å². The second kappa shape index (κ2) is 6.25. The van der Waals surface area contributed by atoms with Gasteiger partial charge in [0, 0.05) is 11.5 Å². The summed E-state index contributed by atoms with van der Waals surface area (Å²) in [5, 5.41) is 9.64. The highest BCUT2D eigenvalue weighted by molar-refractivity contribution is 8.11. The summed E-state index contributed by atoms with van der Waals surface area (Å²) in [7, 11) is 0. The molecule has 3 rings (SSSR count). The molecule has 0 radical (unpaired) electrons. The molecule has 0 aliphatic carbocycles. The van der Waals surface area contributed by atoms with Crippen molar-refractivity contribution in [3.8, 4) is 0 Å². The van der Waals surface area contributed by atoms with Gasteiger partial charge in [0.05, 0.1) is 22.5 Å². The number of hydrogen-bond donors (Lipinski definition) is 1. The molecule has 0 aromatic heterocycles. The lowest BCUT2D eigenvalue weighted by atomic mass is 10.1. The Hall–Kier alpha value is -1.24. The number of carbonyl (C=O) groups is 2. The minimum absolute atomic E-state index is 0.220. The van der Waals surface area contributed by atoms with Crippen LogP contribution in [0.1, 0.15) is 5.56 Å². The van der Waals surface area contributed by atoms with E-state index in [-0.39, 0.29) is 18.4 Å². The molecule has 1 N–H and O–H groups in total. The Kier molecular flexibility index (Phi) is 4.37. The number of carbonyl (C=O) groups excluding carboxylic acids is 2. The quantitative estimate of drug-likeness (QED) is 0.855. The number of aliphatic hydroxyl groups is 1. The molecule has 110 valence electrons. The van der Waals surface area contributed by atoms with Crippen LogP contribution in [0.4, 0.5) is 0 Å². The summed E-state index contributed by atoms with van der Waals surface area (Å²) in [6.07, 6.45) is 0.477. The fourth-order valence-corrected chi connectivity index (χ4v) is 4.81. The summed E-state index contributed by atoms with van der Waals surface area (Å²) >= 11 is 2.90. The van der Waals surface area contributed by atoms with Crippen molar-refractivity contribution in [2.45, 2.75) is 12.5 Å². The number of aliphatic hydroxyl groups excluding tert-OH is 1. The van der Waals surface area contributed by atoms with Gasteiger partial charge in [0.25, 0.3) is 11.8 Å². The van der Waals surface area contributed by atoms with Crippen LogP contribution in [0.3, 0.4) is 0 Å². The topological polar surface area (TPSA) is 57.6 Å². The molecule has 1 aromatic rings. The molecule has 2 aliphatic heterocycles. The number of benzene rings is 1. The van der Waals surface area contributed by atoms with E-state index in [1.807, 2.05) is 30.3 Å². The van der Waals surface area contributed by atoms with Crippen LogP contribution in [0, 0.1) is 0 Å². The Morgan fingerprint density at radius 2 is 1.62 bits per heavy atom. The summed E-state index contributed by atoms with van der Waals surface area (Å²) in [6.45, 7) is -0.220. The molecule has 0 bridgehead atoms. The van der Waals surface area contributed by atoms with Crippen molar-refractivity contribution in [1.29, 1.82) is 0 Å². The Bertz CT molecular complexity index is 572. The summed E-state index contributed by atoms with van der Waals surface area (Å²) in [6, 6.07) is 9.10. The molecule has 6 heteroatoms. The average Bonchev–Trinajstić information content (AvgIpc) is 2.78. The third kappa shape index (κ3) is 2.75. The first-order valence-corrected chi connectivity index (χ1v) is 8.72. The normalized spacial score (nSPS) is 20.0. The molecule has 0 fully saturated rings. The molecule has 1 aromatic carbocycles. The fourth-order valence-electron chi connectivity index (χ4n) is 2.50. The van der Waals surface area contributed by atoms with E-state index in [1.54, 1.807) is 0 Å². The van der Waals surface area contributed by atoms with Gasteiger partial charge in [-0.1, -0.05) is 30.3 Å². The minimum atomic E-state index is -0.501. The second-order valence-electron chi connectivity index (χ2n) is 4.86. The predicted octanol–water partition coefficient (Wildman–Crippen LogP) is 1.65. The average molecular weight is 321 g/mol. The van der Waals surface area contributed by atoms with Gasteiger partial charge < -0.3 is 5.11 Å². The van der Waals surface area contributed by atoms with Gasteiger partial charge in [-0.25, -0.2) is 0 Å². The highest BCUT2D eigenvalue weighted by Gasteiger charge is 2.43. The zero-order valence-corrected chi connectivity index (χ0v) is 13.0. The van der Waals surface area contributed by atoms with Crippen molar-refractivity contribution < 1.29 is 14.7 Å². The molecule has 1 atom stereocenters. The standard InChI is InChI=1S/C15H15NO3S2/c17-9-11(8-10-4-2-1-3-5-10)16-14(18)12-13(15(16)19)21-7-6-20-12/h1-5,11,17H,6-9H2/t11-/m1/s1. The maximum atomic E-state index is 12.4. The molecule has 21 heavy (non-hydrogen) atoms. The van der Waals surface area contributed by atoms with E-state index in [9.17, 15) is 14.7 Å². The van der Waals surface area contributed by atoms with Gasteiger partial charge in [0.15, 0.2) is 0 Å². The van der Waals surface area contributed by atoms with Gasteiger partial charge in [-0.15, -0.1) is 23.5 Å². The number of amides is 2. The molecule has 0 saturated heterocycles. The van der Waals surface area contributed by atoms with Gasteiger partial charge in [0.1, 0.15) is 0 Å². The van der Waals surface area contributed by atoms with E-state index < -0.39 is 6.04 Å². The lowest BCUT2D eigenvalue weighted by Crippen LogP contribution is -2.44. The zero-order chi connectivity index (χ0) is 14.8. The number of rotatable bonds is 4. The van der Waals surface area contributed by atoms with Crippen molar-refractivity contribution in [2.24, 2.45) is 0 Å². The number of imide groups is 1. The van der Waals surface area contributed by atoms with Gasteiger partial charge in [-0.2, -0.15) is 0 Å². The van der Waals surface area contributed by atoms with Gasteiger partial charge >= 0.3 is 0 Å². The molecule has 0 saturated carbocycles. The van der Waals surface area contributed by atoms with E-state index in [0.29, 0.717) is 16.2 Å². The van der Waals surface area contributed by atoms with Crippen molar-refractivity contribution in [3.63, 3.8) is 0 Å². The molecule has 2 amide bonds. The van der Waals surface area contributed by atoms with E-state index in [1.165, 1.54) is 28.4 Å². The van der Waals surface area contributed by atoms with E-state index in [4.69, 9.17) is 0 Å². The molecule has 2 aliphatic rings. The second-order valence-corrected chi connectivity index (χ2v) is 7.07. The van der Waals surface area contributed by atoms with E-state index >= 15 is 0 Å². The maximum absolute atomic E-state index is 12.4. The first-order valence-electron chi connectivity index (χ1n) is 6.75.